The Morgan fingerprint density at radius 3 is 2.91 bits per heavy atom. The Labute approximate surface area is 187 Å². The molecule has 0 bridgehead atoms. The number of H-pyrrole nitrogens is 1. The number of aromatic amines is 1. The summed E-state index contributed by atoms with van der Waals surface area (Å²) in [6, 6.07) is 12.1. The maximum atomic E-state index is 13.3. The Hall–Kier alpha value is -3.72. The number of para-hydroxylation sites is 1. The number of anilines is 2. The van der Waals surface area contributed by atoms with Gasteiger partial charge >= 0.3 is 5.69 Å². The normalized spacial score (nSPS) is 13.2. The number of fused-ring (bicyclic) bond motifs is 3. The summed E-state index contributed by atoms with van der Waals surface area (Å²) < 4.78 is 13.3. The van der Waals surface area contributed by atoms with Crippen LogP contribution in [0.4, 0.5) is 21.7 Å². The molecule has 2 aromatic heterocycles. The van der Waals surface area contributed by atoms with Gasteiger partial charge in [-0.05, 0) is 35.7 Å². The standard InChI is InChI=1S/C22H18ClFN6O2/c23-17-9-14(24)6-5-13(17)10-25-21-20(30(31)32)22(27-12-26-21)29-8-7-16-15-3-1-2-4-18(15)28-19(16)11-29/h1-6,9,12,28H,7-8,10-11H2,(H,25,26,27). The summed E-state index contributed by atoms with van der Waals surface area (Å²) in [5.41, 5.74) is 3.71. The van der Waals surface area contributed by atoms with Gasteiger partial charge in [0, 0.05) is 34.7 Å². The molecule has 1 aliphatic heterocycles. The zero-order valence-electron chi connectivity index (χ0n) is 16.8. The van der Waals surface area contributed by atoms with E-state index in [2.05, 4.69) is 26.3 Å². The smallest absolute Gasteiger partial charge is 0.353 e. The van der Waals surface area contributed by atoms with Gasteiger partial charge in [-0.25, -0.2) is 14.4 Å². The third-order valence-electron chi connectivity index (χ3n) is 5.63. The molecule has 3 heterocycles. The van der Waals surface area contributed by atoms with E-state index in [1.807, 2.05) is 23.1 Å². The summed E-state index contributed by atoms with van der Waals surface area (Å²) in [4.78, 5) is 25.1. The summed E-state index contributed by atoms with van der Waals surface area (Å²) in [6.07, 6.45) is 2.05. The first-order chi connectivity index (χ1) is 15.5. The molecule has 10 heteroatoms. The van der Waals surface area contributed by atoms with Gasteiger partial charge < -0.3 is 15.2 Å². The Bertz CT molecular complexity index is 1340. The number of aromatic nitrogens is 3. The lowest BCUT2D eigenvalue weighted by atomic mass is 10.0. The average molecular weight is 453 g/mol. The first kappa shape index (κ1) is 20.2. The van der Waals surface area contributed by atoms with Gasteiger partial charge in [0.05, 0.1) is 11.5 Å². The van der Waals surface area contributed by atoms with Crippen molar-refractivity contribution in [3.8, 4) is 0 Å². The zero-order chi connectivity index (χ0) is 22.2. The molecular formula is C22H18ClFN6O2. The molecule has 0 fully saturated rings. The highest BCUT2D eigenvalue weighted by molar-refractivity contribution is 6.31. The van der Waals surface area contributed by atoms with Crippen LogP contribution in [0.5, 0.6) is 0 Å². The second kappa shape index (κ2) is 8.08. The molecule has 0 saturated heterocycles. The fourth-order valence-corrected chi connectivity index (χ4v) is 4.35. The van der Waals surface area contributed by atoms with E-state index in [0.29, 0.717) is 18.7 Å². The summed E-state index contributed by atoms with van der Waals surface area (Å²) in [5, 5.41) is 16.3. The minimum Gasteiger partial charge on any atom is -0.360 e. The second-order valence-electron chi connectivity index (χ2n) is 7.54. The predicted octanol–water partition coefficient (Wildman–Crippen LogP) is 4.83. The van der Waals surface area contributed by atoms with E-state index in [4.69, 9.17) is 11.6 Å². The quantitative estimate of drug-likeness (QED) is 0.332. The van der Waals surface area contributed by atoms with Gasteiger partial charge in [0.2, 0.25) is 11.6 Å². The number of nitrogens with one attached hydrogen (secondary N) is 2. The van der Waals surface area contributed by atoms with Gasteiger partial charge in [0.25, 0.3) is 0 Å². The maximum absolute atomic E-state index is 13.3. The molecule has 2 aromatic carbocycles. The van der Waals surface area contributed by atoms with Gasteiger partial charge in [-0.15, -0.1) is 0 Å². The fraction of sp³-hybridized carbons (Fsp3) is 0.182. The van der Waals surface area contributed by atoms with Crippen LogP contribution in [-0.2, 0) is 19.5 Å². The lowest BCUT2D eigenvalue weighted by Crippen LogP contribution is -2.31. The van der Waals surface area contributed by atoms with Crippen LogP contribution in [0.25, 0.3) is 10.9 Å². The lowest BCUT2D eigenvalue weighted by molar-refractivity contribution is -0.383. The maximum Gasteiger partial charge on any atom is 0.353 e. The number of rotatable bonds is 5. The molecule has 162 valence electrons. The van der Waals surface area contributed by atoms with Crippen LogP contribution in [0.15, 0.2) is 48.8 Å². The first-order valence-electron chi connectivity index (χ1n) is 10.0. The summed E-state index contributed by atoms with van der Waals surface area (Å²) in [5.74, 6) is -0.111. The summed E-state index contributed by atoms with van der Waals surface area (Å²) >= 11 is 6.07. The predicted molar refractivity (Wildman–Crippen MR) is 120 cm³/mol. The van der Waals surface area contributed by atoms with E-state index in [1.54, 1.807) is 0 Å². The molecule has 0 saturated carbocycles. The number of benzene rings is 2. The van der Waals surface area contributed by atoms with Gasteiger partial charge in [-0.1, -0.05) is 35.9 Å². The minimum absolute atomic E-state index is 0.0860. The highest BCUT2D eigenvalue weighted by Crippen LogP contribution is 2.36. The van der Waals surface area contributed by atoms with Crippen LogP contribution in [0, 0.1) is 15.9 Å². The Balaban J connectivity index is 1.45. The van der Waals surface area contributed by atoms with Crippen LogP contribution in [0.2, 0.25) is 5.02 Å². The number of halogens is 2. The van der Waals surface area contributed by atoms with Crippen molar-refractivity contribution in [1.29, 1.82) is 0 Å². The molecule has 8 nitrogen and oxygen atoms in total. The largest absolute Gasteiger partial charge is 0.360 e. The van der Waals surface area contributed by atoms with Crippen LogP contribution in [-0.4, -0.2) is 26.4 Å². The SMILES string of the molecule is O=[N+]([O-])c1c(NCc2ccc(F)cc2Cl)ncnc1N1CCc2c([nH]c3ccccc23)C1. The van der Waals surface area contributed by atoms with E-state index in [9.17, 15) is 14.5 Å². The molecule has 0 atom stereocenters. The minimum atomic E-state index is -0.481. The van der Waals surface area contributed by atoms with Gasteiger partial charge in [0.1, 0.15) is 12.1 Å². The fourth-order valence-electron chi connectivity index (χ4n) is 4.12. The highest BCUT2D eigenvalue weighted by atomic mass is 35.5. The van der Waals surface area contributed by atoms with Crippen molar-refractivity contribution in [2.24, 2.45) is 0 Å². The lowest BCUT2D eigenvalue weighted by Gasteiger charge is -2.27. The molecule has 32 heavy (non-hydrogen) atoms. The first-order valence-corrected chi connectivity index (χ1v) is 10.4. The molecule has 4 aromatic rings. The number of nitro groups is 1. The van der Waals surface area contributed by atoms with Gasteiger partial charge in [-0.2, -0.15) is 0 Å². The monoisotopic (exact) mass is 452 g/mol. The van der Waals surface area contributed by atoms with E-state index < -0.39 is 10.7 Å². The van der Waals surface area contributed by atoms with Gasteiger partial charge in [0.15, 0.2) is 0 Å². The van der Waals surface area contributed by atoms with Crippen molar-refractivity contribution in [2.45, 2.75) is 19.5 Å². The topological polar surface area (TPSA) is 100.0 Å². The number of hydrogen-bond donors (Lipinski definition) is 2. The summed E-state index contributed by atoms with van der Waals surface area (Å²) in [7, 11) is 0. The van der Waals surface area contributed by atoms with E-state index in [1.165, 1.54) is 35.5 Å². The summed E-state index contributed by atoms with van der Waals surface area (Å²) in [6.45, 7) is 1.23. The number of nitrogens with zero attached hydrogens (tertiary/aromatic N) is 4. The third kappa shape index (κ3) is 3.60. The molecule has 0 unspecified atom stereocenters. The molecule has 0 aliphatic carbocycles. The van der Waals surface area contributed by atoms with Crippen LogP contribution in [0.3, 0.4) is 0 Å². The van der Waals surface area contributed by atoms with E-state index in [-0.39, 0.29) is 28.9 Å². The van der Waals surface area contributed by atoms with Crippen LogP contribution < -0.4 is 10.2 Å². The van der Waals surface area contributed by atoms with Crippen molar-refractivity contribution in [2.75, 3.05) is 16.8 Å². The Morgan fingerprint density at radius 2 is 2.09 bits per heavy atom. The second-order valence-corrected chi connectivity index (χ2v) is 7.95. The Kier molecular flexibility index (Phi) is 5.10. The van der Waals surface area contributed by atoms with E-state index in [0.717, 1.165) is 17.6 Å². The molecule has 0 spiro atoms. The van der Waals surface area contributed by atoms with Crippen LogP contribution >= 0.6 is 11.6 Å². The molecule has 2 N–H and O–H groups in total. The van der Waals surface area contributed by atoms with Crippen molar-refractivity contribution in [3.05, 3.63) is 86.6 Å². The molecule has 0 amide bonds. The average Bonchev–Trinajstić information content (AvgIpc) is 3.16. The van der Waals surface area contributed by atoms with E-state index >= 15 is 0 Å². The van der Waals surface area contributed by atoms with Crippen molar-refractivity contribution >= 4 is 39.8 Å². The third-order valence-corrected chi connectivity index (χ3v) is 5.98. The van der Waals surface area contributed by atoms with Gasteiger partial charge in [-0.3, -0.25) is 10.1 Å². The Morgan fingerprint density at radius 1 is 1.25 bits per heavy atom. The number of hydrogen-bond acceptors (Lipinski definition) is 6. The van der Waals surface area contributed by atoms with Crippen molar-refractivity contribution < 1.29 is 9.31 Å². The molecule has 5 rings (SSSR count). The molecule has 1 aliphatic rings. The van der Waals surface area contributed by atoms with Crippen molar-refractivity contribution in [3.63, 3.8) is 0 Å². The molecular weight excluding hydrogens is 435 g/mol. The highest BCUT2D eigenvalue weighted by Gasteiger charge is 2.30. The molecule has 0 radical (unpaired) electrons. The zero-order valence-corrected chi connectivity index (χ0v) is 17.6. The van der Waals surface area contributed by atoms with Crippen molar-refractivity contribution in [1.82, 2.24) is 15.0 Å². The van der Waals surface area contributed by atoms with Crippen LogP contribution in [0.1, 0.15) is 16.8 Å².